The van der Waals surface area contributed by atoms with Crippen LogP contribution in [-0.4, -0.2) is 30.4 Å². The summed E-state index contributed by atoms with van der Waals surface area (Å²) in [5.74, 6) is 1.86. The van der Waals surface area contributed by atoms with Gasteiger partial charge in [0.05, 0.1) is 11.6 Å². The van der Waals surface area contributed by atoms with E-state index in [4.69, 9.17) is 16.0 Å². The third-order valence-electron chi connectivity index (χ3n) is 4.32. The predicted octanol–water partition coefficient (Wildman–Crippen LogP) is 4.09. The third kappa shape index (κ3) is 4.40. The first-order valence-corrected chi connectivity index (χ1v) is 8.94. The number of furan rings is 1. The summed E-state index contributed by atoms with van der Waals surface area (Å²) in [5.41, 5.74) is 0.894. The molecule has 1 fully saturated rings. The van der Waals surface area contributed by atoms with Crippen LogP contribution in [0, 0.1) is 0 Å². The fourth-order valence-corrected chi connectivity index (χ4v) is 3.22. The van der Waals surface area contributed by atoms with Crippen LogP contribution < -0.4 is 5.32 Å². The SMILES string of the molecule is O=C(CCNCc1ccc(-c2ccccc2Cl)o1)N1CCCCC1. The number of hydrogen-bond donors (Lipinski definition) is 1. The number of rotatable bonds is 6. The van der Waals surface area contributed by atoms with E-state index < -0.39 is 0 Å². The molecule has 0 atom stereocenters. The molecule has 0 radical (unpaired) electrons. The molecule has 1 aliphatic heterocycles. The minimum Gasteiger partial charge on any atom is -0.460 e. The standard InChI is InChI=1S/C19H23ClN2O2/c20-17-7-3-2-6-16(17)18-9-8-15(24-18)14-21-11-10-19(23)22-12-4-1-5-13-22/h2-3,6-9,21H,1,4-5,10-14H2. The van der Waals surface area contributed by atoms with Crippen LogP contribution in [-0.2, 0) is 11.3 Å². The van der Waals surface area contributed by atoms with Crippen LogP contribution in [0.4, 0.5) is 0 Å². The van der Waals surface area contributed by atoms with Crippen molar-refractivity contribution in [3.63, 3.8) is 0 Å². The Labute approximate surface area is 147 Å². The van der Waals surface area contributed by atoms with Gasteiger partial charge in [-0.05, 0) is 43.5 Å². The van der Waals surface area contributed by atoms with E-state index in [9.17, 15) is 4.79 Å². The number of likely N-dealkylation sites (tertiary alicyclic amines) is 1. The van der Waals surface area contributed by atoms with Gasteiger partial charge in [-0.15, -0.1) is 0 Å². The van der Waals surface area contributed by atoms with Gasteiger partial charge in [0.1, 0.15) is 11.5 Å². The Bertz CT molecular complexity index is 678. The number of amides is 1. The van der Waals surface area contributed by atoms with Gasteiger partial charge in [0.25, 0.3) is 0 Å². The second-order valence-electron chi connectivity index (χ2n) is 6.11. The molecule has 1 aromatic heterocycles. The zero-order chi connectivity index (χ0) is 16.8. The van der Waals surface area contributed by atoms with E-state index in [1.807, 2.05) is 41.3 Å². The second-order valence-corrected chi connectivity index (χ2v) is 6.52. The van der Waals surface area contributed by atoms with Crippen molar-refractivity contribution in [2.24, 2.45) is 0 Å². The number of halogens is 1. The summed E-state index contributed by atoms with van der Waals surface area (Å²) in [6, 6.07) is 11.5. The highest BCUT2D eigenvalue weighted by atomic mass is 35.5. The smallest absolute Gasteiger partial charge is 0.223 e. The molecule has 0 spiro atoms. The molecule has 1 N–H and O–H groups in total. The number of nitrogens with one attached hydrogen (secondary N) is 1. The first kappa shape index (κ1) is 17.1. The topological polar surface area (TPSA) is 45.5 Å². The molecule has 0 bridgehead atoms. The van der Waals surface area contributed by atoms with Crippen molar-refractivity contribution in [1.29, 1.82) is 0 Å². The van der Waals surface area contributed by atoms with Gasteiger partial charge in [0, 0.05) is 31.6 Å². The van der Waals surface area contributed by atoms with Crippen LogP contribution >= 0.6 is 11.6 Å². The number of carbonyl (C=O) groups is 1. The molecule has 2 aromatic rings. The van der Waals surface area contributed by atoms with Crippen LogP contribution in [0.3, 0.4) is 0 Å². The molecule has 2 heterocycles. The first-order chi connectivity index (χ1) is 11.7. The number of piperidine rings is 1. The van der Waals surface area contributed by atoms with Crippen molar-refractivity contribution in [2.75, 3.05) is 19.6 Å². The molecule has 0 saturated carbocycles. The summed E-state index contributed by atoms with van der Waals surface area (Å²) in [4.78, 5) is 14.1. The minimum atomic E-state index is 0.249. The normalized spacial score (nSPS) is 14.8. The Kier molecular flexibility index (Phi) is 5.94. The summed E-state index contributed by atoms with van der Waals surface area (Å²) in [7, 11) is 0. The second kappa shape index (κ2) is 8.36. The Morgan fingerprint density at radius 3 is 2.71 bits per heavy atom. The molecule has 128 valence electrons. The molecule has 1 aliphatic rings. The Morgan fingerprint density at radius 2 is 1.92 bits per heavy atom. The maximum absolute atomic E-state index is 12.1. The molecule has 1 aromatic carbocycles. The van der Waals surface area contributed by atoms with E-state index in [1.165, 1.54) is 6.42 Å². The Morgan fingerprint density at radius 1 is 1.12 bits per heavy atom. The maximum Gasteiger partial charge on any atom is 0.223 e. The van der Waals surface area contributed by atoms with Crippen molar-refractivity contribution in [2.45, 2.75) is 32.2 Å². The van der Waals surface area contributed by atoms with Crippen molar-refractivity contribution >= 4 is 17.5 Å². The molecule has 4 nitrogen and oxygen atoms in total. The average Bonchev–Trinajstić information content (AvgIpc) is 3.08. The van der Waals surface area contributed by atoms with Gasteiger partial charge in [-0.3, -0.25) is 4.79 Å². The van der Waals surface area contributed by atoms with E-state index in [2.05, 4.69) is 5.32 Å². The van der Waals surface area contributed by atoms with Gasteiger partial charge in [0.15, 0.2) is 0 Å². The molecule has 0 unspecified atom stereocenters. The fourth-order valence-electron chi connectivity index (χ4n) is 2.99. The van der Waals surface area contributed by atoms with Crippen molar-refractivity contribution in [3.8, 4) is 11.3 Å². The molecule has 1 amide bonds. The first-order valence-electron chi connectivity index (χ1n) is 8.56. The van der Waals surface area contributed by atoms with E-state index in [0.29, 0.717) is 24.5 Å². The number of benzene rings is 1. The summed E-state index contributed by atoms with van der Waals surface area (Å²) < 4.78 is 5.83. The van der Waals surface area contributed by atoms with Crippen LogP contribution in [0.25, 0.3) is 11.3 Å². The number of hydrogen-bond acceptors (Lipinski definition) is 3. The van der Waals surface area contributed by atoms with Crippen molar-refractivity contribution in [1.82, 2.24) is 10.2 Å². The minimum absolute atomic E-state index is 0.249. The quantitative estimate of drug-likeness (QED) is 0.801. The summed E-state index contributed by atoms with van der Waals surface area (Å²) in [5, 5.41) is 3.96. The number of carbonyl (C=O) groups excluding carboxylic acids is 1. The molecule has 24 heavy (non-hydrogen) atoms. The monoisotopic (exact) mass is 346 g/mol. The van der Waals surface area contributed by atoms with E-state index >= 15 is 0 Å². The zero-order valence-electron chi connectivity index (χ0n) is 13.8. The lowest BCUT2D eigenvalue weighted by Crippen LogP contribution is -2.37. The van der Waals surface area contributed by atoms with Crippen molar-refractivity contribution < 1.29 is 9.21 Å². The zero-order valence-corrected chi connectivity index (χ0v) is 14.5. The molecule has 5 heteroatoms. The Balaban J connectivity index is 1.44. The molecule has 0 aliphatic carbocycles. The lowest BCUT2D eigenvalue weighted by atomic mass is 10.1. The maximum atomic E-state index is 12.1. The molecule has 1 saturated heterocycles. The highest BCUT2D eigenvalue weighted by Gasteiger charge is 2.15. The van der Waals surface area contributed by atoms with Crippen LogP contribution in [0.15, 0.2) is 40.8 Å². The summed E-state index contributed by atoms with van der Waals surface area (Å²) >= 11 is 6.19. The summed E-state index contributed by atoms with van der Waals surface area (Å²) in [6.07, 6.45) is 4.05. The predicted molar refractivity (Wildman–Crippen MR) is 95.9 cm³/mol. The largest absolute Gasteiger partial charge is 0.460 e. The van der Waals surface area contributed by atoms with Crippen LogP contribution in [0.1, 0.15) is 31.4 Å². The lowest BCUT2D eigenvalue weighted by Gasteiger charge is -2.26. The molecular formula is C19H23ClN2O2. The lowest BCUT2D eigenvalue weighted by molar-refractivity contribution is -0.131. The van der Waals surface area contributed by atoms with Crippen LogP contribution in [0.5, 0.6) is 0 Å². The van der Waals surface area contributed by atoms with Gasteiger partial charge in [-0.2, -0.15) is 0 Å². The third-order valence-corrected chi connectivity index (χ3v) is 4.65. The van der Waals surface area contributed by atoms with E-state index in [-0.39, 0.29) is 5.91 Å². The van der Waals surface area contributed by atoms with Gasteiger partial charge in [0.2, 0.25) is 5.91 Å². The summed E-state index contributed by atoms with van der Waals surface area (Å²) in [6.45, 7) is 3.10. The van der Waals surface area contributed by atoms with Crippen LogP contribution in [0.2, 0.25) is 5.02 Å². The van der Waals surface area contributed by atoms with Gasteiger partial charge in [-0.1, -0.05) is 23.7 Å². The highest BCUT2D eigenvalue weighted by molar-refractivity contribution is 6.33. The van der Waals surface area contributed by atoms with Crippen molar-refractivity contribution in [3.05, 3.63) is 47.2 Å². The van der Waals surface area contributed by atoms with E-state index in [1.54, 1.807) is 0 Å². The number of nitrogens with zero attached hydrogens (tertiary/aromatic N) is 1. The highest BCUT2D eigenvalue weighted by Crippen LogP contribution is 2.28. The van der Waals surface area contributed by atoms with Gasteiger partial charge in [-0.25, -0.2) is 0 Å². The van der Waals surface area contributed by atoms with E-state index in [0.717, 1.165) is 43.0 Å². The van der Waals surface area contributed by atoms with Gasteiger partial charge >= 0.3 is 0 Å². The molecular weight excluding hydrogens is 324 g/mol. The molecule has 3 rings (SSSR count). The Hall–Kier alpha value is -1.78. The fraction of sp³-hybridized carbons (Fsp3) is 0.421. The average molecular weight is 347 g/mol. The van der Waals surface area contributed by atoms with Gasteiger partial charge < -0.3 is 14.6 Å².